The van der Waals surface area contributed by atoms with E-state index in [2.05, 4.69) is 0 Å². The highest BCUT2D eigenvalue weighted by atomic mass is 32.2. The Morgan fingerprint density at radius 2 is 1.64 bits per heavy atom. The minimum Gasteiger partial charge on any atom is -0.502 e. The zero-order valence-corrected chi connectivity index (χ0v) is 7.43. The average Bonchev–Trinajstić information content (AvgIpc) is 2.01. The Morgan fingerprint density at radius 1 is 1.14 bits per heavy atom. The van der Waals surface area contributed by atoms with Crippen molar-refractivity contribution >= 4 is 21.2 Å². The summed E-state index contributed by atoms with van der Waals surface area (Å²) in [7, 11) is -4.81. The van der Waals surface area contributed by atoms with Gasteiger partial charge < -0.3 is 10.2 Å². The van der Waals surface area contributed by atoms with E-state index < -0.39 is 27.0 Å². The fourth-order valence-corrected chi connectivity index (χ4v) is 0.626. The highest BCUT2D eigenvalue weighted by Crippen LogP contribution is 1.92. The Labute approximate surface area is 78.7 Å². The molecule has 0 saturated heterocycles. The molecular formula is C6H6O7S. The summed E-state index contributed by atoms with van der Waals surface area (Å²) in [4.78, 5) is 20.4. The molecule has 0 rings (SSSR count). The second-order valence-corrected chi connectivity index (χ2v) is 3.36. The van der Waals surface area contributed by atoms with E-state index in [0.29, 0.717) is 18.2 Å². The Bertz CT molecular complexity index is 400. The van der Waals surface area contributed by atoms with Gasteiger partial charge in [-0.1, -0.05) is 6.08 Å². The normalized spacial score (nSPS) is 13.1. The van der Waals surface area contributed by atoms with Crippen LogP contribution in [0.15, 0.2) is 24.0 Å². The molecule has 0 unspecified atom stereocenters. The van der Waals surface area contributed by atoms with E-state index in [-0.39, 0.29) is 0 Å². The zero-order chi connectivity index (χ0) is 11.4. The number of hydrogen-bond acceptors (Lipinski definition) is 5. The number of carboxylic acid groups (broad SMARTS) is 1. The third-order valence-electron chi connectivity index (χ3n) is 0.960. The largest absolute Gasteiger partial charge is 0.502 e. The summed E-state index contributed by atoms with van der Waals surface area (Å²) in [5, 5.41) is 15.0. The van der Waals surface area contributed by atoms with Gasteiger partial charge >= 0.3 is 16.1 Å². The number of allylic oxidation sites excluding steroid dienone is 2. The van der Waals surface area contributed by atoms with Crippen molar-refractivity contribution in [2.24, 2.45) is 0 Å². The summed E-state index contributed by atoms with van der Waals surface area (Å²) in [6.45, 7) is 0. The number of carbonyl (C=O) groups is 2. The number of hydrogen-bond donors (Lipinski definition) is 3. The van der Waals surface area contributed by atoms with Crippen LogP contribution in [-0.2, 0) is 19.7 Å². The molecule has 0 aromatic heterocycles. The van der Waals surface area contributed by atoms with Crippen molar-refractivity contribution in [3.8, 4) is 0 Å². The fraction of sp³-hybridized carbons (Fsp3) is 0. The molecule has 0 aliphatic rings. The lowest BCUT2D eigenvalue weighted by atomic mass is 10.4. The smallest absolute Gasteiger partial charge is 0.370 e. The molecule has 0 amide bonds. The van der Waals surface area contributed by atoms with Crippen molar-refractivity contribution in [3.05, 3.63) is 24.0 Å². The van der Waals surface area contributed by atoms with Crippen LogP contribution in [-0.4, -0.2) is 34.3 Å². The van der Waals surface area contributed by atoms with Crippen molar-refractivity contribution in [1.29, 1.82) is 0 Å². The highest BCUT2D eigenvalue weighted by molar-refractivity contribution is 8.01. The van der Waals surface area contributed by atoms with Crippen molar-refractivity contribution < 1.29 is 32.8 Å². The van der Waals surface area contributed by atoms with Gasteiger partial charge in [0, 0.05) is 6.08 Å². The highest BCUT2D eigenvalue weighted by Gasteiger charge is 2.13. The van der Waals surface area contributed by atoms with Crippen LogP contribution in [0.2, 0.25) is 0 Å². The topological polar surface area (TPSA) is 129 Å². The first-order valence-electron chi connectivity index (χ1n) is 3.07. The minimum absolute atomic E-state index is 0.397. The van der Waals surface area contributed by atoms with Gasteiger partial charge in [-0.15, -0.1) is 0 Å². The van der Waals surface area contributed by atoms with Gasteiger partial charge in [-0.05, 0) is 6.08 Å². The van der Waals surface area contributed by atoms with Crippen molar-refractivity contribution in [3.63, 3.8) is 0 Å². The maximum atomic E-state index is 10.4. The van der Waals surface area contributed by atoms with Gasteiger partial charge in [0.2, 0.25) is 5.76 Å². The molecule has 0 aliphatic heterocycles. The molecule has 3 N–H and O–H groups in total. The first-order chi connectivity index (χ1) is 6.25. The molecule has 0 saturated carbocycles. The van der Waals surface area contributed by atoms with Crippen molar-refractivity contribution in [1.82, 2.24) is 0 Å². The Kier molecular flexibility index (Phi) is 3.99. The van der Waals surface area contributed by atoms with Crippen LogP contribution in [0, 0.1) is 0 Å². The number of aliphatic carboxylic acids is 1. The van der Waals surface area contributed by atoms with E-state index in [9.17, 15) is 18.0 Å². The maximum absolute atomic E-state index is 10.4. The van der Waals surface area contributed by atoms with Crippen LogP contribution in [0.5, 0.6) is 0 Å². The number of aliphatic hydroxyl groups is 1. The van der Waals surface area contributed by atoms with Crippen LogP contribution in [0.3, 0.4) is 0 Å². The van der Waals surface area contributed by atoms with Gasteiger partial charge in [-0.2, -0.15) is 8.42 Å². The van der Waals surface area contributed by atoms with Gasteiger partial charge in [0.05, 0.1) is 0 Å². The molecule has 0 atom stereocenters. The summed E-state index contributed by atoms with van der Waals surface area (Å²) in [5.74, 6) is -2.70. The SMILES string of the molecule is O=C(O)/C(O)=C/C=C/C(=O)S(=O)(=O)O. The monoisotopic (exact) mass is 222 g/mol. The van der Waals surface area contributed by atoms with E-state index in [1.165, 1.54) is 0 Å². The van der Waals surface area contributed by atoms with Crippen LogP contribution in [0.25, 0.3) is 0 Å². The predicted octanol–water partition coefficient (Wildman–Crippen LogP) is -0.516. The lowest BCUT2D eigenvalue weighted by molar-refractivity contribution is -0.135. The summed E-state index contributed by atoms with van der Waals surface area (Å²) in [5.41, 5.74) is 0. The second kappa shape index (κ2) is 4.53. The van der Waals surface area contributed by atoms with Gasteiger partial charge in [-0.25, -0.2) is 4.79 Å². The van der Waals surface area contributed by atoms with Gasteiger partial charge in [0.15, 0.2) is 0 Å². The van der Waals surface area contributed by atoms with E-state index in [4.69, 9.17) is 14.8 Å². The molecule has 0 aliphatic carbocycles. The number of carboxylic acids is 1. The molecule has 78 valence electrons. The maximum Gasteiger partial charge on any atom is 0.370 e. The molecule has 0 bridgehead atoms. The molecule has 0 heterocycles. The third-order valence-corrected chi connectivity index (χ3v) is 1.60. The molecule has 8 heteroatoms. The summed E-state index contributed by atoms with van der Waals surface area (Å²) in [6, 6.07) is 0. The van der Waals surface area contributed by atoms with Crippen molar-refractivity contribution in [2.75, 3.05) is 0 Å². The zero-order valence-electron chi connectivity index (χ0n) is 6.61. The van der Waals surface area contributed by atoms with Gasteiger partial charge in [0.25, 0.3) is 5.12 Å². The summed E-state index contributed by atoms with van der Waals surface area (Å²) in [6.07, 6.45) is 1.67. The Hall–Kier alpha value is -1.67. The van der Waals surface area contributed by atoms with E-state index in [1.807, 2.05) is 0 Å². The molecule has 0 spiro atoms. The summed E-state index contributed by atoms with van der Waals surface area (Å²) < 4.78 is 28.3. The van der Waals surface area contributed by atoms with Crippen LogP contribution in [0.4, 0.5) is 0 Å². The molecule has 0 aromatic rings. The molecular weight excluding hydrogens is 216 g/mol. The van der Waals surface area contributed by atoms with Gasteiger partial charge in [0.1, 0.15) is 0 Å². The number of rotatable bonds is 3. The third kappa shape index (κ3) is 4.38. The predicted molar refractivity (Wildman–Crippen MR) is 44.0 cm³/mol. The quantitative estimate of drug-likeness (QED) is 0.253. The van der Waals surface area contributed by atoms with Crippen LogP contribution < -0.4 is 0 Å². The number of carbonyl (C=O) groups excluding carboxylic acids is 1. The first-order valence-corrected chi connectivity index (χ1v) is 4.51. The molecule has 0 radical (unpaired) electrons. The van der Waals surface area contributed by atoms with Crippen molar-refractivity contribution in [2.45, 2.75) is 0 Å². The Morgan fingerprint density at radius 3 is 2.00 bits per heavy atom. The van der Waals surface area contributed by atoms with E-state index >= 15 is 0 Å². The molecule has 0 aromatic carbocycles. The summed E-state index contributed by atoms with van der Waals surface area (Å²) >= 11 is 0. The first kappa shape index (κ1) is 12.3. The van der Waals surface area contributed by atoms with Crippen LogP contribution >= 0.6 is 0 Å². The average molecular weight is 222 g/mol. The molecule has 7 nitrogen and oxygen atoms in total. The lowest BCUT2D eigenvalue weighted by Crippen LogP contribution is -2.09. The Balaban J connectivity index is 4.58. The van der Waals surface area contributed by atoms with Crippen LogP contribution in [0.1, 0.15) is 0 Å². The fourth-order valence-electron chi connectivity index (χ4n) is 0.375. The molecule has 0 fully saturated rings. The second-order valence-electron chi connectivity index (χ2n) is 2.01. The van der Waals surface area contributed by atoms with E-state index in [0.717, 1.165) is 0 Å². The lowest BCUT2D eigenvalue weighted by Gasteiger charge is -1.87. The standard InChI is InChI=1S/C6H6O7S/c7-4(6(9)10)2-1-3-5(8)14(11,12)13/h1-3,7H,(H,9,10)(H,11,12,13)/b3-1+,4-2-. The van der Waals surface area contributed by atoms with Gasteiger partial charge in [-0.3, -0.25) is 9.35 Å². The number of aliphatic hydroxyl groups excluding tert-OH is 1. The van der Waals surface area contributed by atoms with E-state index in [1.54, 1.807) is 0 Å². The molecule has 14 heavy (non-hydrogen) atoms. The minimum atomic E-state index is -4.81.